The molecule has 1 saturated heterocycles. The number of hydrogen-bond donors (Lipinski definition) is 0. The average molecular weight is 222 g/mol. The summed E-state index contributed by atoms with van der Waals surface area (Å²) < 4.78 is 12.2. The van der Waals surface area contributed by atoms with E-state index in [4.69, 9.17) is 9.31 Å². The normalized spacial score (nSPS) is 36.7. The monoisotopic (exact) mass is 222 g/mol. The van der Waals surface area contributed by atoms with Crippen LogP contribution in [0.4, 0.5) is 0 Å². The quantitative estimate of drug-likeness (QED) is 0.499. The highest BCUT2D eigenvalue weighted by atomic mass is 16.7. The maximum atomic E-state index is 6.10. The molecule has 1 heterocycles. The molecular weight excluding hydrogens is 199 g/mol. The van der Waals surface area contributed by atoms with Gasteiger partial charge in [-0.3, -0.25) is 0 Å². The van der Waals surface area contributed by atoms with Crippen LogP contribution in [0.25, 0.3) is 0 Å². The van der Waals surface area contributed by atoms with E-state index < -0.39 is 0 Å². The van der Waals surface area contributed by atoms with Crippen molar-refractivity contribution >= 4 is 7.12 Å². The Bertz CT molecular complexity index is 280. The molecule has 0 amide bonds. The SMILES string of the molecule is C[C@@H]1C=CC[C@@H](B2OC(C)(C)C(C)(C)O2)C1. The molecule has 0 N–H and O–H groups in total. The van der Waals surface area contributed by atoms with Gasteiger partial charge in [-0.15, -0.1) is 0 Å². The average Bonchev–Trinajstić information content (AvgIpc) is 2.36. The van der Waals surface area contributed by atoms with Crippen molar-refractivity contribution in [3.05, 3.63) is 12.2 Å². The third-order valence-corrected chi connectivity index (χ3v) is 4.23. The molecule has 0 unspecified atom stereocenters. The Morgan fingerprint density at radius 3 is 2.19 bits per heavy atom. The van der Waals surface area contributed by atoms with E-state index in [1.54, 1.807) is 0 Å². The maximum absolute atomic E-state index is 6.10. The number of hydrogen-bond acceptors (Lipinski definition) is 2. The zero-order valence-corrected chi connectivity index (χ0v) is 11.1. The summed E-state index contributed by atoms with van der Waals surface area (Å²) in [5.74, 6) is 1.17. The molecule has 2 atom stereocenters. The van der Waals surface area contributed by atoms with Crippen LogP contribution < -0.4 is 0 Å². The summed E-state index contributed by atoms with van der Waals surface area (Å²) in [5, 5.41) is 0. The Morgan fingerprint density at radius 2 is 1.69 bits per heavy atom. The van der Waals surface area contributed by atoms with E-state index >= 15 is 0 Å². The van der Waals surface area contributed by atoms with Gasteiger partial charge < -0.3 is 9.31 Å². The number of allylic oxidation sites excluding steroid dienone is 2. The molecule has 0 bridgehead atoms. The van der Waals surface area contributed by atoms with Crippen molar-refractivity contribution in [3.63, 3.8) is 0 Å². The second-order valence-electron chi connectivity index (χ2n) is 6.26. The van der Waals surface area contributed by atoms with Gasteiger partial charge in [-0.1, -0.05) is 19.1 Å². The zero-order chi connectivity index (χ0) is 12.0. The molecule has 1 aliphatic heterocycles. The molecule has 0 radical (unpaired) electrons. The van der Waals surface area contributed by atoms with E-state index in [-0.39, 0.29) is 18.3 Å². The lowest BCUT2D eigenvalue weighted by molar-refractivity contribution is 0.00578. The molecule has 0 spiro atoms. The first kappa shape index (κ1) is 12.2. The molecule has 2 rings (SSSR count). The van der Waals surface area contributed by atoms with Crippen molar-refractivity contribution < 1.29 is 9.31 Å². The highest BCUT2D eigenvalue weighted by Crippen LogP contribution is 2.43. The van der Waals surface area contributed by atoms with Crippen LogP contribution in [0.5, 0.6) is 0 Å². The summed E-state index contributed by atoms with van der Waals surface area (Å²) in [6.45, 7) is 10.7. The van der Waals surface area contributed by atoms with E-state index in [0.29, 0.717) is 11.7 Å². The highest BCUT2D eigenvalue weighted by Gasteiger charge is 2.53. The first-order valence-electron chi connectivity index (χ1n) is 6.34. The molecule has 0 saturated carbocycles. The van der Waals surface area contributed by atoms with Crippen LogP contribution in [0.15, 0.2) is 12.2 Å². The fraction of sp³-hybridized carbons (Fsp3) is 0.846. The summed E-state index contributed by atoms with van der Waals surface area (Å²) in [5.41, 5.74) is -0.385. The van der Waals surface area contributed by atoms with Crippen molar-refractivity contribution in [1.29, 1.82) is 0 Å². The van der Waals surface area contributed by atoms with E-state index in [1.807, 2.05) is 0 Å². The predicted molar refractivity (Wildman–Crippen MR) is 67.4 cm³/mol. The van der Waals surface area contributed by atoms with E-state index in [9.17, 15) is 0 Å². The Kier molecular flexibility index (Phi) is 2.96. The summed E-state index contributed by atoms with van der Waals surface area (Å²) in [6.07, 6.45) is 6.82. The van der Waals surface area contributed by atoms with Crippen LogP contribution in [0.1, 0.15) is 47.5 Å². The highest BCUT2D eigenvalue weighted by molar-refractivity contribution is 6.47. The molecule has 0 aromatic heterocycles. The fourth-order valence-electron chi connectivity index (χ4n) is 2.44. The summed E-state index contributed by atoms with van der Waals surface area (Å²) >= 11 is 0. The lowest BCUT2D eigenvalue weighted by atomic mass is 9.64. The summed E-state index contributed by atoms with van der Waals surface area (Å²) in [4.78, 5) is 0. The molecule has 1 fully saturated rings. The maximum Gasteiger partial charge on any atom is 0.461 e. The van der Waals surface area contributed by atoms with Gasteiger partial charge in [-0.2, -0.15) is 0 Å². The van der Waals surface area contributed by atoms with Crippen LogP contribution in [0.2, 0.25) is 5.82 Å². The van der Waals surface area contributed by atoms with Gasteiger partial charge in [-0.05, 0) is 52.3 Å². The molecule has 0 aromatic carbocycles. The van der Waals surface area contributed by atoms with Crippen molar-refractivity contribution in [2.24, 2.45) is 5.92 Å². The third kappa shape index (κ3) is 2.08. The zero-order valence-electron chi connectivity index (χ0n) is 11.1. The van der Waals surface area contributed by atoms with Gasteiger partial charge in [0.15, 0.2) is 0 Å². The Labute approximate surface area is 99.5 Å². The van der Waals surface area contributed by atoms with E-state index in [1.165, 1.54) is 6.42 Å². The summed E-state index contributed by atoms with van der Waals surface area (Å²) in [7, 11) is -0.0302. The molecule has 90 valence electrons. The summed E-state index contributed by atoms with van der Waals surface area (Å²) in [6, 6.07) is 0. The number of rotatable bonds is 1. The molecule has 2 aliphatic rings. The second kappa shape index (κ2) is 3.88. The first-order chi connectivity index (χ1) is 7.32. The van der Waals surface area contributed by atoms with Crippen LogP contribution in [0.3, 0.4) is 0 Å². The molecule has 16 heavy (non-hydrogen) atoms. The van der Waals surface area contributed by atoms with Crippen LogP contribution in [-0.2, 0) is 9.31 Å². The third-order valence-electron chi connectivity index (χ3n) is 4.23. The van der Waals surface area contributed by atoms with Crippen molar-refractivity contribution in [1.82, 2.24) is 0 Å². The second-order valence-corrected chi connectivity index (χ2v) is 6.26. The van der Waals surface area contributed by atoms with E-state index in [0.717, 1.165) is 6.42 Å². The lowest BCUT2D eigenvalue weighted by Gasteiger charge is -2.32. The smallest absolute Gasteiger partial charge is 0.403 e. The van der Waals surface area contributed by atoms with Crippen molar-refractivity contribution in [2.75, 3.05) is 0 Å². The van der Waals surface area contributed by atoms with Gasteiger partial charge in [0, 0.05) is 0 Å². The lowest BCUT2D eigenvalue weighted by Crippen LogP contribution is -2.41. The molecule has 3 heteroatoms. The largest absolute Gasteiger partial charge is 0.461 e. The van der Waals surface area contributed by atoms with Crippen LogP contribution in [0, 0.1) is 5.92 Å². The minimum Gasteiger partial charge on any atom is -0.403 e. The topological polar surface area (TPSA) is 18.5 Å². The molecule has 2 nitrogen and oxygen atoms in total. The minimum atomic E-state index is -0.192. The van der Waals surface area contributed by atoms with Crippen molar-refractivity contribution in [2.45, 2.75) is 64.5 Å². The molecular formula is C13H23BO2. The Balaban J connectivity index is 2.06. The van der Waals surface area contributed by atoms with Crippen LogP contribution >= 0.6 is 0 Å². The fourth-order valence-corrected chi connectivity index (χ4v) is 2.44. The first-order valence-corrected chi connectivity index (χ1v) is 6.34. The van der Waals surface area contributed by atoms with Gasteiger partial charge in [0.05, 0.1) is 11.2 Å². The van der Waals surface area contributed by atoms with Gasteiger partial charge in [0.25, 0.3) is 0 Å². The van der Waals surface area contributed by atoms with Gasteiger partial charge in [-0.25, -0.2) is 0 Å². The van der Waals surface area contributed by atoms with E-state index in [2.05, 4.69) is 46.8 Å². The minimum absolute atomic E-state index is 0.0302. The van der Waals surface area contributed by atoms with Crippen LogP contribution in [-0.4, -0.2) is 18.3 Å². The Morgan fingerprint density at radius 1 is 1.12 bits per heavy atom. The molecule has 0 aromatic rings. The van der Waals surface area contributed by atoms with Crippen molar-refractivity contribution in [3.8, 4) is 0 Å². The van der Waals surface area contributed by atoms with Gasteiger partial charge in [0.1, 0.15) is 0 Å². The Hall–Kier alpha value is -0.275. The predicted octanol–water partition coefficient (Wildman–Crippen LogP) is 3.43. The molecule has 1 aliphatic carbocycles. The van der Waals surface area contributed by atoms with Gasteiger partial charge >= 0.3 is 7.12 Å². The van der Waals surface area contributed by atoms with Gasteiger partial charge in [0.2, 0.25) is 0 Å². The standard InChI is InChI=1S/C13H23BO2/c1-10-7-6-8-11(9-10)14-15-12(2,3)13(4,5)16-14/h6-7,10-11H,8-9H2,1-5H3/t10-,11-/m1/s1.